The Bertz CT molecular complexity index is 699. The Morgan fingerprint density at radius 1 is 1.12 bits per heavy atom. The molecule has 1 aliphatic carbocycles. The van der Waals surface area contributed by atoms with Crippen LogP contribution in [0.4, 0.5) is 0 Å². The van der Waals surface area contributed by atoms with Crippen LogP contribution >= 0.6 is 0 Å². The average molecular weight is 325 g/mol. The summed E-state index contributed by atoms with van der Waals surface area (Å²) in [5.41, 5.74) is 2.60. The number of nitrogens with one attached hydrogen (secondary N) is 1. The second-order valence-electron chi connectivity index (χ2n) is 5.96. The quantitative estimate of drug-likeness (QED) is 0.882. The van der Waals surface area contributed by atoms with E-state index in [0.29, 0.717) is 24.5 Å². The highest BCUT2D eigenvalue weighted by atomic mass is 16.5. The Kier molecular flexibility index (Phi) is 5.36. The molecule has 4 nitrogen and oxygen atoms in total. The molecule has 1 atom stereocenters. The summed E-state index contributed by atoms with van der Waals surface area (Å²) < 4.78 is 10.9. The Morgan fingerprint density at radius 2 is 1.88 bits per heavy atom. The molecule has 0 bridgehead atoms. The van der Waals surface area contributed by atoms with Gasteiger partial charge in [-0.15, -0.1) is 0 Å². The molecule has 3 rings (SSSR count). The van der Waals surface area contributed by atoms with Gasteiger partial charge in [0.1, 0.15) is 0 Å². The highest BCUT2D eigenvalue weighted by Crippen LogP contribution is 2.29. The lowest BCUT2D eigenvalue weighted by Gasteiger charge is -2.26. The molecule has 0 saturated heterocycles. The lowest BCUT2D eigenvalue weighted by atomic mass is 9.88. The molecule has 2 aromatic rings. The van der Waals surface area contributed by atoms with E-state index in [1.165, 1.54) is 11.1 Å². The van der Waals surface area contributed by atoms with Crippen molar-refractivity contribution in [3.05, 3.63) is 59.7 Å². The van der Waals surface area contributed by atoms with Crippen LogP contribution in [0.1, 0.15) is 36.4 Å². The van der Waals surface area contributed by atoms with Crippen molar-refractivity contribution in [1.29, 1.82) is 0 Å². The van der Waals surface area contributed by atoms with Crippen LogP contribution in [0, 0.1) is 0 Å². The van der Waals surface area contributed by atoms with Crippen molar-refractivity contribution in [2.24, 2.45) is 0 Å². The first-order valence-corrected chi connectivity index (χ1v) is 8.41. The number of hydrogen-bond acceptors (Lipinski definition) is 3. The van der Waals surface area contributed by atoms with E-state index in [1.54, 1.807) is 7.11 Å². The number of carbonyl (C=O) groups is 1. The molecular weight excluding hydrogens is 302 g/mol. The maximum absolute atomic E-state index is 12.2. The molecule has 1 aliphatic rings. The van der Waals surface area contributed by atoms with Gasteiger partial charge in [0.25, 0.3) is 0 Å². The van der Waals surface area contributed by atoms with E-state index in [4.69, 9.17) is 9.47 Å². The number of para-hydroxylation sites is 2. The smallest absolute Gasteiger partial charge is 0.223 e. The molecule has 4 heteroatoms. The van der Waals surface area contributed by atoms with Crippen molar-refractivity contribution >= 4 is 5.91 Å². The third-order valence-electron chi connectivity index (χ3n) is 4.36. The molecule has 0 radical (unpaired) electrons. The fourth-order valence-electron chi connectivity index (χ4n) is 3.16. The van der Waals surface area contributed by atoms with E-state index in [0.717, 1.165) is 19.3 Å². The average Bonchev–Trinajstić information content (AvgIpc) is 2.62. The first-order chi connectivity index (χ1) is 11.8. The number of aryl methyl sites for hydroxylation is 1. The largest absolute Gasteiger partial charge is 0.493 e. The van der Waals surface area contributed by atoms with Gasteiger partial charge >= 0.3 is 0 Å². The zero-order chi connectivity index (χ0) is 16.8. The van der Waals surface area contributed by atoms with Crippen LogP contribution in [-0.2, 0) is 11.2 Å². The monoisotopic (exact) mass is 325 g/mol. The van der Waals surface area contributed by atoms with E-state index in [1.807, 2.05) is 30.3 Å². The highest BCUT2D eigenvalue weighted by Gasteiger charge is 2.21. The Labute approximate surface area is 142 Å². The fraction of sp³-hybridized carbons (Fsp3) is 0.350. The summed E-state index contributed by atoms with van der Waals surface area (Å²) in [6.45, 7) is 0.334. The molecule has 0 unspecified atom stereocenters. The minimum Gasteiger partial charge on any atom is -0.493 e. The summed E-state index contributed by atoms with van der Waals surface area (Å²) in [6.07, 6.45) is 3.53. The first kappa shape index (κ1) is 16.4. The van der Waals surface area contributed by atoms with Gasteiger partial charge in [0.15, 0.2) is 11.5 Å². The fourth-order valence-corrected chi connectivity index (χ4v) is 3.16. The predicted octanol–water partition coefficient (Wildman–Crippen LogP) is 3.66. The predicted molar refractivity (Wildman–Crippen MR) is 93.4 cm³/mol. The van der Waals surface area contributed by atoms with Crippen LogP contribution in [0.15, 0.2) is 48.5 Å². The van der Waals surface area contributed by atoms with Crippen LogP contribution in [0.2, 0.25) is 0 Å². The summed E-state index contributed by atoms with van der Waals surface area (Å²) in [6, 6.07) is 15.9. The number of amides is 1. The lowest BCUT2D eigenvalue weighted by molar-refractivity contribution is -0.122. The molecular formula is C20H23NO3. The number of carbonyl (C=O) groups excluding carboxylic acids is 1. The Hall–Kier alpha value is -2.49. The molecule has 0 spiro atoms. The first-order valence-electron chi connectivity index (χ1n) is 8.41. The minimum atomic E-state index is 0.0200. The number of hydrogen-bond donors (Lipinski definition) is 1. The van der Waals surface area contributed by atoms with Gasteiger partial charge in [-0.1, -0.05) is 36.4 Å². The number of methoxy groups -OCH3 is 1. The third kappa shape index (κ3) is 3.88. The topological polar surface area (TPSA) is 47.6 Å². The molecule has 0 heterocycles. The zero-order valence-corrected chi connectivity index (χ0v) is 14.0. The van der Waals surface area contributed by atoms with Crippen LogP contribution in [0.5, 0.6) is 11.5 Å². The highest BCUT2D eigenvalue weighted by molar-refractivity contribution is 5.76. The second-order valence-corrected chi connectivity index (χ2v) is 5.96. The van der Waals surface area contributed by atoms with Gasteiger partial charge < -0.3 is 14.8 Å². The molecule has 2 aromatic carbocycles. The van der Waals surface area contributed by atoms with Crippen LogP contribution in [-0.4, -0.2) is 19.6 Å². The maximum Gasteiger partial charge on any atom is 0.223 e. The van der Waals surface area contributed by atoms with Crippen molar-refractivity contribution in [2.45, 2.75) is 31.7 Å². The van der Waals surface area contributed by atoms with E-state index >= 15 is 0 Å². The molecule has 0 fully saturated rings. The molecule has 1 N–H and O–H groups in total. The summed E-state index contributed by atoms with van der Waals surface area (Å²) in [7, 11) is 1.61. The summed E-state index contributed by atoms with van der Waals surface area (Å²) in [4.78, 5) is 12.2. The van der Waals surface area contributed by atoms with E-state index in [9.17, 15) is 4.79 Å². The number of rotatable bonds is 6. The van der Waals surface area contributed by atoms with Crippen LogP contribution in [0.25, 0.3) is 0 Å². The van der Waals surface area contributed by atoms with Gasteiger partial charge in [-0.2, -0.15) is 0 Å². The molecule has 126 valence electrons. The zero-order valence-electron chi connectivity index (χ0n) is 14.0. The van der Waals surface area contributed by atoms with E-state index in [2.05, 4.69) is 23.5 Å². The van der Waals surface area contributed by atoms with Crippen LogP contribution < -0.4 is 14.8 Å². The molecule has 0 saturated carbocycles. The molecule has 0 aliphatic heterocycles. The standard InChI is InChI=1S/C20H23NO3/c1-23-18-11-4-5-12-19(18)24-14-13-20(22)21-17-10-6-8-15-7-2-3-9-16(15)17/h2-5,7,9,11-12,17H,6,8,10,13-14H2,1H3,(H,21,22)/t17-/m0/s1. The van der Waals surface area contributed by atoms with Gasteiger partial charge in [0.05, 0.1) is 26.2 Å². The molecule has 0 aromatic heterocycles. The van der Waals surface area contributed by atoms with Gasteiger partial charge in [0, 0.05) is 0 Å². The minimum absolute atomic E-state index is 0.0200. The Balaban J connectivity index is 1.52. The van der Waals surface area contributed by atoms with E-state index < -0.39 is 0 Å². The number of fused-ring (bicyclic) bond motifs is 1. The number of ether oxygens (including phenoxy) is 2. The van der Waals surface area contributed by atoms with Crippen molar-refractivity contribution in [3.8, 4) is 11.5 Å². The maximum atomic E-state index is 12.2. The second kappa shape index (κ2) is 7.86. The lowest BCUT2D eigenvalue weighted by Crippen LogP contribution is -2.31. The van der Waals surface area contributed by atoms with Gasteiger partial charge in [-0.3, -0.25) is 4.79 Å². The summed E-state index contributed by atoms with van der Waals surface area (Å²) in [5, 5.41) is 3.14. The van der Waals surface area contributed by atoms with Gasteiger partial charge in [-0.05, 0) is 42.5 Å². The SMILES string of the molecule is COc1ccccc1OCCC(=O)N[C@H]1CCCc2ccccc21. The molecule has 1 amide bonds. The normalized spacial score (nSPS) is 16.1. The van der Waals surface area contributed by atoms with Crippen molar-refractivity contribution < 1.29 is 14.3 Å². The number of benzene rings is 2. The van der Waals surface area contributed by atoms with Crippen LogP contribution in [0.3, 0.4) is 0 Å². The van der Waals surface area contributed by atoms with Gasteiger partial charge in [0.2, 0.25) is 5.91 Å². The van der Waals surface area contributed by atoms with Crippen molar-refractivity contribution in [3.63, 3.8) is 0 Å². The Morgan fingerprint density at radius 3 is 2.71 bits per heavy atom. The van der Waals surface area contributed by atoms with E-state index in [-0.39, 0.29) is 11.9 Å². The summed E-state index contributed by atoms with van der Waals surface area (Å²) in [5.74, 6) is 1.36. The van der Waals surface area contributed by atoms with Gasteiger partial charge in [-0.25, -0.2) is 0 Å². The van der Waals surface area contributed by atoms with Crippen molar-refractivity contribution in [2.75, 3.05) is 13.7 Å². The third-order valence-corrected chi connectivity index (χ3v) is 4.36. The molecule has 24 heavy (non-hydrogen) atoms. The van der Waals surface area contributed by atoms with Crippen molar-refractivity contribution in [1.82, 2.24) is 5.32 Å². The summed E-state index contributed by atoms with van der Waals surface area (Å²) >= 11 is 0.